The van der Waals surface area contributed by atoms with E-state index in [9.17, 15) is 13.4 Å². The number of carbonyl (C=O) groups excluding carboxylic acids is 1. The first-order valence-corrected chi connectivity index (χ1v) is 7.82. The van der Waals surface area contributed by atoms with Crippen molar-refractivity contribution >= 4 is 51.9 Å². The van der Waals surface area contributed by atoms with Crippen molar-refractivity contribution in [1.29, 1.82) is 0 Å². The molecule has 2 aromatic carbocycles. The lowest BCUT2D eigenvalue weighted by atomic mass is 10.3. The fourth-order valence-corrected chi connectivity index (χ4v) is 2.28. The summed E-state index contributed by atoms with van der Waals surface area (Å²) in [4.78, 5) is 11.7. The molecule has 2 aromatic rings. The Morgan fingerprint density at radius 1 is 1.17 bits per heavy atom. The molecular weight excluding hydrogens is 370 g/mol. The first-order chi connectivity index (χ1) is 10.8. The third-order valence-electron chi connectivity index (χ3n) is 2.49. The molecule has 2 rings (SSSR count). The van der Waals surface area contributed by atoms with Crippen LogP contribution in [0.2, 0.25) is 10.0 Å². The lowest BCUT2D eigenvalue weighted by Gasteiger charge is -2.10. The van der Waals surface area contributed by atoms with Crippen LogP contribution in [0.1, 0.15) is 0 Å². The van der Waals surface area contributed by atoms with E-state index in [1.165, 1.54) is 12.1 Å². The number of hydrogen-bond acceptors (Lipinski definition) is 3. The van der Waals surface area contributed by atoms with E-state index in [0.29, 0.717) is 10.7 Å². The Kier molecular flexibility index (Phi) is 5.78. The Labute approximate surface area is 143 Å². The van der Waals surface area contributed by atoms with Crippen LogP contribution in [0.5, 0.6) is 5.75 Å². The lowest BCUT2D eigenvalue weighted by Crippen LogP contribution is -2.17. The normalized spacial score (nSPS) is 11.7. The molecule has 0 spiro atoms. The molecule has 1 atom stereocenters. The average Bonchev–Trinajstić information content (AvgIpc) is 2.45. The molecule has 0 bridgehead atoms. The summed E-state index contributed by atoms with van der Waals surface area (Å²) in [6.07, 6.45) is -0.959. The predicted octanol–water partition coefficient (Wildman–Crippen LogP) is 4.29. The van der Waals surface area contributed by atoms with E-state index in [4.69, 9.17) is 32.5 Å². The van der Waals surface area contributed by atoms with Crippen LogP contribution in [0, 0.1) is 5.82 Å². The predicted molar refractivity (Wildman–Crippen MR) is 86.9 cm³/mol. The lowest BCUT2D eigenvalue weighted by molar-refractivity contribution is 0.213. The number of nitrogens with one attached hydrogen (secondary N) is 2. The van der Waals surface area contributed by atoms with Gasteiger partial charge in [0.15, 0.2) is 11.6 Å². The van der Waals surface area contributed by atoms with Crippen LogP contribution in [-0.2, 0) is 11.3 Å². The number of hydrogen-bond donors (Lipinski definition) is 3. The maximum absolute atomic E-state index is 13.9. The van der Waals surface area contributed by atoms with Crippen LogP contribution < -0.4 is 14.8 Å². The third kappa shape index (κ3) is 5.07. The molecule has 0 aliphatic carbocycles. The standard InChI is InChI=1S/C13H9Cl2FN2O4S/c14-7-1-3-8(4-2-7)17-13(19)22-12-10(15)5-9(6-11(12)16)18-23(20)21/h1-6,18H,(H,17,19)(H,20,21). The van der Waals surface area contributed by atoms with Gasteiger partial charge < -0.3 is 4.74 Å². The molecule has 0 fully saturated rings. The highest BCUT2D eigenvalue weighted by molar-refractivity contribution is 7.80. The number of ether oxygens (including phenoxy) is 1. The van der Waals surface area contributed by atoms with Gasteiger partial charge in [-0.3, -0.25) is 14.6 Å². The number of amides is 1. The van der Waals surface area contributed by atoms with Crippen LogP contribution in [0.4, 0.5) is 20.6 Å². The van der Waals surface area contributed by atoms with Crippen molar-refractivity contribution in [3.05, 3.63) is 52.3 Å². The Balaban J connectivity index is 2.11. The molecule has 122 valence electrons. The largest absolute Gasteiger partial charge is 0.417 e. The molecule has 0 aromatic heterocycles. The average molecular weight is 379 g/mol. The van der Waals surface area contributed by atoms with E-state index in [1.54, 1.807) is 12.1 Å². The van der Waals surface area contributed by atoms with Crippen LogP contribution >= 0.6 is 23.2 Å². The molecule has 0 saturated carbocycles. The van der Waals surface area contributed by atoms with Crippen molar-refractivity contribution in [2.45, 2.75) is 0 Å². The minimum atomic E-state index is -2.39. The Hall–Kier alpha value is -1.87. The van der Waals surface area contributed by atoms with Crippen LogP contribution in [0.3, 0.4) is 0 Å². The summed E-state index contributed by atoms with van der Waals surface area (Å²) >= 11 is 9.13. The van der Waals surface area contributed by atoms with Crippen molar-refractivity contribution in [3.63, 3.8) is 0 Å². The minimum absolute atomic E-state index is 0.0428. The topological polar surface area (TPSA) is 87.7 Å². The molecule has 6 nitrogen and oxygen atoms in total. The second-order valence-electron chi connectivity index (χ2n) is 4.14. The number of carbonyl (C=O) groups is 1. The van der Waals surface area contributed by atoms with Gasteiger partial charge in [0.1, 0.15) is 0 Å². The third-order valence-corrected chi connectivity index (χ3v) is 3.43. The van der Waals surface area contributed by atoms with Crippen molar-refractivity contribution < 1.29 is 22.7 Å². The summed E-state index contributed by atoms with van der Waals surface area (Å²) in [5.41, 5.74) is 0.351. The summed E-state index contributed by atoms with van der Waals surface area (Å²) < 4.78 is 40.0. The maximum Gasteiger partial charge on any atom is 0.417 e. The van der Waals surface area contributed by atoms with E-state index >= 15 is 0 Å². The van der Waals surface area contributed by atoms with Gasteiger partial charge in [-0.2, -0.15) is 0 Å². The van der Waals surface area contributed by atoms with Gasteiger partial charge in [0.05, 0.1) is 10.7 Å². The quantitative estimate of drug-likeness (QED) is 0.692. The summed E-state index contributed by atoms with van der Waals surface area (Å²) in [5, 5.41) is 2.61. The first-order valence-electron chi connectivity index (χ1n) is 5.96. The molecular formula is C13H9Cl2FN2O4S. The molecule has 0 saturated heterocycles. The Morgan fingerprint density at radius 3 is 2.39 bits per heavy atom. The van der Waals surface area contributed by atoms with Gasteiger partial charge in [-0.1, -0.05) is 23.2 Å². The van der Waals surface area contributed by atoms with Gasteiger partial charge in [0.2, 0.25) is 0 Å². The maximum atomic E-state index is 13.9. The number of anilines is 2. The molecule has 23 heavy (non-hydrogen) atoms. The summed E-state index contributed by atoms with van der Waals surface area (Å²) in [6, 6.07) is 8.19. The number of rotatable bonds is 4. The van der Waals surface area contributed by atoms with Crippen molar-refractivity contribution in [3.8, 4) is 5.75 Å². The molecule has 1 amide bonds. The van der Waals surface area contributed by atoms with E-state index in [2.05, 4.69) is 5.32 Å². The Bertz CT molecular complexity index is 735. The highest BCUT2D eigenvalue weighted by Gasteiger charge is 2.16. The molecule has 1 unspecified atom stereocenters. The minimum Gasteiger partial charge on any atom is -0.405 e. The van der Waals surface area contributed by atoms with Gasteiger partial charge >= 0.3 is 6.09 Å². The molecule has 0 aliphatic heterocycles. The number of halogens is 3. The van der Waals surface area contributed by atoms with E-state index in [1.807, 2.05) is 4.72 Å². The van der Waals surface area contributed by atoms with Crippen molar-refractivity contribution in [2.24, 2.45) is 0 Å². The fraction of sp³-hybridized carbons (Fsp3) is 0. The summed E-state index contributed by atoms with van der Waals surface area (Å²) in [7, 11) is 0. The molecule has 0 aliphatic rings. The van der Waals surface area contributed by atoms with Gasteiger partial charge in [0.25, 0.3) is 11.3 Å². The first kappa shape index (κ1) is 17.5. The number of benzene rings is 2. The van der Waals surface area contributed by atoms with Crippen molar-refractivity contribution in [2.75, 3.05) is 10.0 Å². The summed E-state index contributed by atoms with van der Waals surface area (Å²) in [5.74, 6) is -1.48. The van der Waals surface area contributed by atoms with Crippen molar-refractivity contribution in [1.82, 2.24) is 0 Å². The highest BCUT2D eigenvalue weighted by Crippen LogP contribution is 2.31. The summed E-state index contributed by atoms with van der Waals surface area (Å²) in [6.45, 7) is 0. The van der Waals surface area contributed by atoms with E-state index in [-0.39, 0.29) is 10.7 Å². The molecule has 3 N–H and O–H groups in total. The van der Waals surface area contributed by atoms with Gasteiger partial charge in [-0.15, -0.1) is 0 Å². The van der Waals surface area contributed by atoms with Gasteiger partial charge in [-0.05, 0) is 30.3 Å². The van der Waals surface area contributed by atoms with Crippen LogP contribution in [-0.4, -0.2) is 14.9 Å². The van der Waals surface area contributed by atoms with Gasteiger partial charge in [-0.25, -0.2) is 13.4 Å². The molecule has 10 heteroatoms. The zero-order valence-electron chi connectivity index (χ0n) is 11.2. The molecule has 0 radical (unpaired) electrons. The van der Waals surface area contributed by atoms with Crippen LogP contribution in [0.15, 0.2) is 36.4 Å². The zero-order chi connectivity index (χ0) is 17.0. The Morgan fingerprint density at radius 2 is 1.83 bits per heavy atom. The second-order valence-corrected chi connectivity index (χ2v) is 5.69. The van der Waals surface area contributed by atoms with Gasteiger partial charge in [0, 0.05) is 16.8 Å². The monoisotopic (exact) mass is 378 g/mol. The second kappa shape index (κ2) is 7.60. The SMILES string of the molecule is O=C(Nc1ccc(Cl)cc1)Oc1c(F)cc(NS(=O)O)cc1Cl. The zero-order valence-corrected chi connectivity index (χ0v) is 13.5. The van der Waals surface area contributed by atoms with E-state index < -0.39 is 28.9 Å². The molecule has 0 heterocycles. The fourth-order valence-electron chi connectivity index (χ4n) is 1.59. The highest BCUT2D eigenvalue weighted by atomic mass is 35.5. The smallest absolute Gasteiger partial charge is 0.405 e. The van der Waals surface area contributed by atoms with Crippen LogP contribution in [0.25, 0.3) is 0 Å². The van der Waals surface area contributed by atoms with E-state index in [0.717, 1.165) is 12.1 Å².